The summed E-state index contributed by atoms with van der Waals surface area (Å²) in [5, 5.41) is 3.70. The van der Waals surface area contributed by atoms with Gasteiger partial charge in [0, 0.05) is 12.1 Å². The molecule has 2 rings (SSSR count). The van der Waals surface area contributed by atoms with E-state index in [1.807, 2.05) is 0 Å². The molecule has 1 aliphatic rings. The van der Waals surface area contributed by atoms with Gasteiger partial charge in [-0.1, -0.05) is 26.8 Å². The van der Waals surface area contributed by atoms with Gasteiger partial charge in [-0.3, -0.25) is 4.90 Å². The molecule has 3 nitrogen and oxygen atoms in total. The van der Waals surface area contributed by atoms with E-state index >= 15 is 0 Å². The fourth-order valence-corrected chi connectivity index (χ4v) is 3.55. The van der Waals surface area contributed by atoms with Crippen LogP contribution in [0.4, 0.5) is 0 Å². The lowest BCUT2D eigenvalue weighted by Crippen LogP contribution is -2.43. The van der Waals surface area contributed by atoms with Crippen molar-refractivity contribution in [2.75, 3.05) is 26.7 Å². The zero-order valence-corrected chi connectivity index (χ0v) is 14.0. The standard InChI is InChI=1S/C18H30N2O/c1-5-10-20(11-6-2)17-12-14-8-9-15(21-4)13-16(14)18(17)19-7-3/h8-9,13,17-19H,5-7,10-12H2,1-4H3. The van der Waals surface area contributed by atoms with Crippen molar-refractivity contribution in [1.29, 1.82) is 0 Å². The second kappa shape index (κ2) is 7.81. The summed E-state index contributed by atoms with van der Waals surface area (Å²) in [5.74, 6) is 0.967. The van der Waals surface area contributed by atoms with Gasteiger partial charge in [0.25, 0.3) is 0 Å². The van der Waals surface area contributed by atoms with Gasteiger partial charge in [0.1, 0.15) is 5.75 Å². The van der Waals surface area contributed by atoms with Crippen LogP contribution in [-0.2, 0) is 6.42 Å². The first-order valence-corrected chi connectivity index (χ1v) is 8.39. The van der Waals surface area contributed by atoms with E-state index in [9.17, 15) is 0 Å². The Morgan fingerprint density at radius 3 is 2.48 bits per heavy atom. The maximum atomic E-state index is 5.42. The predicted octanol–water partition coefficient (Wildman–Crippen LogP) is 3.39. The van der Waals surface area contributed by atoms with Gasteiger partial charge in [-0.25, -0.2) is 0 Å². The average Bonchev–Trinajstić information content (AvgIpc) is 2.85. The molecule has 2 unspecified atom stereocenters. The van der Waals surface area contributed by atoms with E-state index in [0.29, 0.717) is 12.1 Å². The van der Waals surface area contributed by atoms with E-state index in [-0.39, 0.29) is 0 Å². The summed E-state index contributed by atoms with van der Waals surface area (Å²) in [5.41, 5.74) is 2.90. The molecule has 0 bridgehead atoms. The summed E-state index contributed by atoms with van der Waals surface area (Å²) < 4.78 is 5.42. The van der Waals surface area contributed by atoms with Crippen LogP contribution < -0.4 is 10.1 Å². The minimum Gasteiger partial charge on any atom is -0.497 e. The van der Waals surface area contributed by atoms with Gasteiger partial charge in [-0.05, 0) is 62.2 Å². The zero-order chi connectivity index (χ0) is 15.2. The van der Waals surface area contributed by atoms with Crippen molar-refractivity contribution < 1.29 is 4.74 Å². The summed E-state index contributed by atoms with van der Waals surface area (Å²) in [7, 11) is 1.75. The highest BCUT2D eigenvalue weighted by Crippen LogP contribution is 2.36. The number of nitrogens with zero attached hydrogens (tertiary/aromatic N) is 1. The van der Waals surface area contributed by atoms with Crippen molar-refractivity contribution in [3.05, 3.63) is 29.3 Å². The third-order valence-electron chi connectivity index (χ3n) is 4.42. The normalized spacial score (nSPS) is 20.8. The molecule has 0 aromatic heterocycles. The van der Waals surface area contributed by atoms with Gasteiger partial charge in [-0.15, -0.1) is 0 Å². The Hall–Kier alpha value is -1.06. The number of fused-ring (bicyclic) bond motifs is 1. The maximum Gasteiger partial charge on any atom is 0.119 e. The molecule has 0 spiro atoms. The molecular weight excluding hydrogens is 260 g/mol. The van der Waals surface area contributed by atoms with Gasteiger partial charge < -0.3 is 10.1 Å². The van der Waals surface area contributed by atoms with E-state index < -0.39 is 0 Å². The quantitative estimate of drug-likeness (QED) is 0.794. The molecule has 0 fully saturated rings. The molecule has 0 heterocycles. The Labute approximate surface area is 129 Å². The third kappa shape index (κ3) is 3.58. The summed E-state index contributed by atoms with van der Waals surface area (Å²) in [6, 6.07) is 7.56. The van der Waals surface area contributed by atoms with Crippen LogP contribution in [0.25, 0.3) is 0 Å². The smallest absolute Gasteiger partial charge is 0.119 e. The molecule has 0 aliphatic heterocycles. The van der Waals surface area contributed by atoms with Crippen LogP contribution in [0.1, 0.15) is 50.8 Å². The van der Waals surface area contributed by atoms with Gasteiger partial charge in [-0.2, -0.15) is 0 Å². The average molecular weight is 290 g/mol. The van der Waals surface area contributed by atoms with E-state index in [4.69, 9.17) is 4.74 Å². The Bertz CT molecular complexity index is 441. The maximum absolute atomic E-state index is 5.42. The van der Waals surface area contributed by atoms with Crippen LogP contribution in [0.2, 0.25) is 0 Å². The minimum atomic E-state index is 0.429. The Kier molecular flexibility index (Phi) is 6.07. The summed E-state index contributed by atoms with van der Waals surface area (Å²) in [6.07, 6.45) is 3.58. The first-order chi connectivity index (χ1) is 10.2. The van der Waals surface area contributed by atoms with Gasteiger partial charge in [0.05, 0.1) is 7.11 Å². The molecule has 3 heteroatoms. The number of likely N-dealkylation sites (N-methyl/N-ethyl adjacent to an activating group) is 1. The Balaban J connectivity index is 2.27. The molecular formula is C18H30N2O. The minimum absolute atomic E-state index is 0.429. The summed E-state index contributed by atoms with van der Waals surface area (Å²) >= 11 is 0. The molecule has 1 aromatic rings. The second-order valence-corrected chi connectivity index (χ2v) is 5.91. The van der Waals surface area contributed by atoms with E-state index in [2.05, 4.69) is 49.2 Å². The predicted molar refractivity (Wildman–Crippen MR) is 89.1 cm³/mol. The first kappa shape index (κ1) is 16.3. The van der Waals surface area contributed by atoms with Crippen molar-refractivity contribution in [3.63, 3.8) is 0 Å². The van der Waals surface area contributed by atoms with Crippen LogP contribution in [0, 0.1) is 0 Å². The lowest BCUT2D eigenvalue weighted by molar-refractivity contribution is 0.167. The molecule has 0 saturated carbocycles. The molecule has 2 atom stereocenters. The van der Waals surface area contributed by atoms with Crippen LogP contribution in [0.5, 0.6) is 5.75 Å². The summed E-state index contributed by atoms with van der Waals surface area (Å²) in [4.78, 5) is 2.67. The Morgan fingerprint density at radius 2 is 1.90 bits per heavy atom. The first-order valence-electron chi connectivity index (χ1n) is 8.39. The molecule has 0 saturated heterocycles. The van der Waals surface area contributed by atoms with Crippen LogP contribution in [0.3, 0.4) is 0 Å². The van der Waals surface area contributed by atoms with Gasteiger partial charge in [0.2, 0.25) is 0 Å². The molecule has 0 radical (unpaired) electrons. The fourth-order valence-electron chi connectivity index (χ4n) is 3.55. The largest absolute Gasteiger partial charge is 0.497 e. The number of ether oxygens (including phenoxy) is 1. The monoisotopic (exact) mass is 290 g/mol. The van der Waals surface area contributed by atoms with Crippen molar-refractivity contribution >= 4 is 0 Å². The molecule has 1 N–H and O–H groups in total. The lowest BCUT2D eigenvalue weighted by Gasteiger charge is -2.33. The topological polar surface area (TPSA) is 24.5 Å². The van der Waals surface area contributed by atoms with Crippen molar-refractivity contribution in [3.8, 4) is 5.75 Å². The van der Waals surface area contributed by atoms with Crippen LogP contribution in [-0.4, -0.2) is 37.7 Å². The number of methoxy groups -OCH3 is 1. The molecule has 1 aromatic carbocycles. The fraction of sp³-hybridized carbons (Fsp3) is 0.667. The summed E-state index contributed by atoms with van der Waals surface area (Å²) in [6.45, 7) is 10.1. The molecule has 21 heavy (non-hydrogen) atoms. The van der Waals surface area contributed by atoms with E-state index in [1.54, 1.807) is 7.11 Å². The number of hydrogen-bond donors (Lipinski definition) is 1. The van der Waals surface area contributed by atoms with Crippen LogP contribution >= 0.6 is 0 Å². The number of benzene rings is 1. The van der Waals surface area contributed by atoms with Crippen molar-refractivity contribution in [2.24, 2.45) is 0 Å². The third-order valence-corrected chi connectivity index (χ3v) is 4.42. The highest BCUT2D eigenvalue weighted by molar-refractivity contribution is 5.42. The highest BCUT2D eigenvalue weighted by atomic mass is 16.5. The van der Waals surface area contributed by atoms with Gasteiger partial charge >= 0.3 is 0 Å². The van der Waals surface area contributed by atoms with Crippen molar-refractivity contribution in [2.45, 2.75) is 52.1 Å². The second-order valence-electron chi connectivity index (χ2n) is 5.91. The van der Waals surface area contributed by atoms with Crippen LogP contribution in [0.15, 0.2) is 18.2 Å². The lowest BCUT2D eigenvalue weighted by atomic mass is 10.0. The zero-order valence-electron chi connectivity index (χ0n) is 14.0. The van der Waals surface area contributed by atoms with Gasteiger partial charge in [0.15, 0.2) is 0 Å². The SMILES string of the molecule is CCCN(CCC)C1Cc2ccc(OC)cc2C1NCC. The highest BCUT2D eigenvalue weighted by Gasteiger charge is 2.35. The van der Waals surface area contributed by atoms with Crippen molar-refractivity contribution in [1.82, 2.24) is 10.2 Å². The molecule has 1 aliphatic carbocycles. The Morgan fingerprint density at radius 1 is 1.19 bits per heavy atom. The number of hydrogen-bond acceptors (Lipinski definition) is 3. The molecule has 118 valence electrons. The molecule has 0 amide bonds. The number of rotatable bonds is 8. The van der Waals surface area contributed by atoms with E-state index in [0.717, 1.165) is 18.7 Å². The van der Waals surface area contributed by atoms with E-state index in [1.165, 1.54) is 37.1 Å². The number of nitrogens with one attached hydrogen (secondary N) is 1.